The lowest BCUT2D eigenvalue weighted by atomic mass is 10.1. The molecule has 0 heterocycles. The van der Waals surface area contributed by atoms with Gasteiger partial charge in [0.1, 0.15) is 0 Å². The minimum atomic E-state index is -0.197. The van der Waals surface area contributed by atoms with Crippen molar-refractivity contribution in [1.82, 2.24) is 10.9 Å². The van der Waals surface area contributed by atoms with Crippen molar-refractivity contribution in [2.45, 2.75) is 32.4 Å². The van der Waals surface area contributed by atoms with Gasteiger partial charge in [0.2, 0.25) is 6.41 Å². The van der Waals surface area contributed by atoms with E-state index in [0.717, 1.165) is 6.42 Å². The van der Waals surface area contributed by atoms with Crippen molar-refractivity contribution in [2.75, 3.05) is 0 Å². The highest BCUT2D eigenvalue weighted by molar-refractivity contribution is 5.44. The quantitative estimate of drug-likeness (QED) is 0.301. The molecule has 0 aromatic heterocycles. The van der Waals surface area contributed by atoms with Crippen LogP contribution in [0.2, 0.25) is 0 Å². The van der Waals surface area contributed by atoms with Gasteiger partial charge in [-0.25, -0.2) is 5.43 Å². The van der Waals surface area contributed by atoms with Gasteiger partial charge in [0.15, 0.2) is 6.10 Å². The Labute approximate surface area is 60.6 Å². The van der Waals surface area contributed by atoms with Crippen molar-refractivity contribution in [1.29, 1.82) is 0 Å². The van der Waals surface area contributed by atoms with Gasteiger partial charge in [-0.1, -0.05) is 6.92 Å². The summed E-state index contributed by atoms with van der Waals surface area (Å²) >= 11 is 0. The van der Waals surface area contributed by atoms with E-state index in [2.05, 4.69) is 10.9 Å². The van der Waals surface area contributed by atoms with Crippen molar-refractivity contribution in [3.05, 3.63) is 0 Å². The molecule has 1 amide bonds. The standard InChI is InChI=1S/C6H14N2O2/c1-3-6(5(2)10)8-7-4-9/h4-6,8,10H,3H2,1-2H3,(H,7,9)/p+1/t5-,6-/m0/s1. The molecule has 0 fully saturated rings. The fourth-order valence-corrected chi connectivity index (χ4v) is 0.722. The normalized spacial score (nSPS) is 15.9. The largest absolute Gasteiger partial charge is 0.442 e. The zero-order valence-electron chi connectivity index (χ0n) is 6.35. The highest BCUT2D eigenvalue weighted by Crippen LogP contribution is 1.94. The maximum Gasteiger partial charge on any atom is 0.221 e. The first kappa shape index (κ1) is 9.39. The Kier molecular flexibility index (Phi) is 4.88. The fourth-order valence-electron chi connectivity index (χ4n) is 0.722. The van der Waals surface area contributed by atoms with Crippen LogP contribution in [0.3, 0.4) is 0 Å². The lowest BCUT2D eigenvalue weighted by Gasteiger charge is -2.14. The summed E-state index contributed by atoms with van der Waals surface area (Å²) in [5.74, 6) is 0. The summed E-state index contributed by atoms with van der Waals surface area (Å²) in [5.41, 5.74) is 5.04. The zero-order chi connectivity index (χ0) is 7.98. The lowest BCUT2D eigenvalue weighted by Crippen LogP contribution is -2.45. The Morgan fingerprint density at radius 2 is 2.30 bits per heavy atom. The Morgan fingerprint density at radius 1 is 1.70 bits per heavy atom. The molecule has 0 aromatic rings. The molecule has 60 valence electrons. The van der Waals surface area contributed by atoms with E-state index in [9.17, 15) is 4.79 Å². The summed E-state index contributed by atoms with van der Waals surface area (Å²) in [6.07, 6.45) is 1.22. The molecule has 4 N–H and O–H groups in total. The van der Waals surface area contributed by atoms with Gasteiger partial charge in [0.05, 0.1) is 6.04 Å². The third-order valence-corrected chi connectivity index (χ3v) is 1.37. The zero-order valence-corrected chi connectivity index (χ0v) is 6.35. The Morgan fingerprint density at radius 3 is 2.60 bits per heavy atom. The average Bonchev–Trinajstić information content (AvgIpc) is 1.89. The van der Waals surface area contributed by atoms with Gasteiger partial charge < -0.3 is 5.11 Å². The SMILES string of the molecule is CC[C@H](NNC=O)[C@H](C)[OH2+]. The molecule has 0 saturated carbocycles. The molecular weight excluding hydrogens is 132 g/mol. The summed E-state index contributed by atoms with van der Waals surface area (Å²) < 4.78 is 0. The minimum absolute atomic E-state index is 0.0465. The number of nitrogens with one attached hydrogen (secondary N) is 2. The van der Waals surface area contributed by atoms with Crippen molar-refractivity contribution in [3.8, 4) is 0 Å². The third-order valence-electron chi connectivity index (χ3n) is 1.37. The maximum atomic E-state index is 9.81. The van der Waals surface area contributed by atoms with Gasteiger partial charge in [-0.05, 0) is 6.42 Å². The van der Waals surface area contributed by atoms with Crippen LogP contribution in [0.25, 0.3) is 0 Å². The topological polar surface area (TPSA) is 64.0 Å². The van der Waals surface area contributed by atoms with E-state index in [-0.39, 0.29) is 12.1 Å². The van der Waals surface area contributed by atoms with E-state index in [1.807, 2.05) is 6.92 Å². The molecule has 10 heavy (non-hydrogen) atoms. The first-order valence-electron chi connectivity index (χ1n) is 3.38. The summed E-state index contributed by atoms with van der Waals surface area (Å²) in [4.78, 5) is 9.81. The van der Waals surface area contributed by atoms with Crippen LogP contribution in [0.5, 0.6) is 0 Å². The second-order valence-corrected chi connectivity index (χ2v) is 2.21. The number of hydrogen-bond acceptors (Lipinski definition) is 2. The Bertz CT molecular complexity index is 95.7. The van der Waals surface area contributed by atoms with Crippen LogP contribution in [-0.4, -0.2) is 23.7 Å². The van der Waals surface area contributed by atoms with Crippen molar-refractivity contribution >= 4 is 6.41 Å². The molecular formula is C6H15N2O2+. The highest BCUT2D eigenvalue weighted by Gasteiger charge is 2.14. The number of carbonyl (C=O) groups is 1. The molecule has 0 radical (unpaired) electrons. The number of hydrogen-bond donors (Lipinski definition) is 2. The number of rotatable bonds is 5. The monoisotopic (exact) mass is 147 g/mol. The predicted molar refractivity (Wildman–Crippen MR) is 39.5 cm³/mol. The summed E-state index contributed by atoms with van der Waals surface area (Å²) in [5, 5.41) is 7.29. The molecule has 0 aliphatic heterocycles. The summed E-state index contributed by atoms with van der Waals surface area (Å²) in [6.45, 7) is 3.75. The second-order valence-electron chi connectivity index (χ2n) is 2.21. The average molecular weight is 147 g/mol. The number of carbonyl (C=O) groups excluding carboxylic acids is 1. The van der Waals surface area contributed by atoms with Crippen LogP contribution >= 0.6 is 0 Å². The van der Waals surface area contributed by atoms with Gasteiger partial charge in [0.25, 0.3) is 0 Å². The molecule has 0 aromatic carbocycles. The first-order chi connectivity index (χ1) is 4.72. The van der Waals surface area contributed by atoms with Crippen molar-refractivity contribution in [2.24, 2.45) is 0 Å². The van der Waals surface area contributed by atoms with Crippen LogP contribution < -0.4 is 10.9 Å². The molecule has 2 atom stereocenters. The molecule has 0 aliphatic carbocycles. The fraction of sp³-hybridized carbons (Fsp3) is 0.833. The molecule has 0 aliphatic rings. The van der Waals surface area contributed by atoms with E-state index in [1.165, 1.54) is 0 Å². The van der Waals surface area contributed by atoms with Crippen molar-refractivity contribution in [3.63, 3.8) is 0 Å². The van der Waals surface area contributed by atoms with Gasteiger partial charge >= 0.3 is 0 Å². The van der Waals surface area contributed by atoms with E-state index in [1.54, 1.807) is 6.92 Å². The van der Waals surface area contributed by atoms with Gasteiger partial charge in [-0.15, -0.1) is 0 Å². The molecule has 0 rings (SSSR count). The molecule has 4 heteroatoms. The van der Waals surface area contributed by atoms with Crippen LogP contribution in [0.1, 0.15) is 20.3 Å². The third kappa shape index (κ3) is 3.42. The van der Waals surface area contributed by atoms with Crippen LogP contribution in [0.4, 0.5) is 0 Å². The predicted octanol–water partition coefficient (Wildman–Crippen LogP) is -0.871. The van der Waals surface area contributed by atoms with Crippen LogP contribution in [0.15, 0.2) is 0 Å². The molecule has 4 nitrogen and oxygen atoms in total. The minimum Gasteiger partial charge on any atom is -0.442 e. The number of amides is 1. The summed E-state index contributed by atoms with van der Waals surface area (Å²) in [6, 6.07) is 0.0465. The van der Waals surface area contributed by atoms with E-state index >= 15 is 0 Å². The Hall–Kier alpha value is -0.610. The van der Waals surface area contributed by atoms with Gasteiger partial charge in [-0.2, -0.15) is 0 Å². The van der Waals surface area contributed by atoms with E-state index in [0.29, 0.717) is 6.41 Å². The lowest BCUT2D eigenvalue weighted by molar-refractivity contribution is -0.110. The van der Waals surface area contributed by atoms with E-state index < -0.39 is 0 Å². The van der Waals surface area contributed by atoms with Gasteiger partial charge in [0, 0.05) is 6.92 Å². The van der Waals surface area contributed by atoms with Crippen molar-refractivity contribution < 1.29 is 9.90 Å². The molecule has 0 unspecified atom stereocenters. The smallest absolute Gasteiger partial charge is 0.221 e. The molecule has 0 saturated heterocycles. The maximum absolute atomic E-state index is 9.81. The summed E-state index contributed by atoms with van der Waals surface area (Å²) in [7, 11) is 0. The Balaban J connectivity index is 3.49. The molecule has 0 spiro atoms. The van der Waals surface area contributed by atoms with E-state index in [4.69, 9.17) is 5.11 Å². The molecule has 0 bridgehead atoms. The second kappa shape index (κ2) is 5.20. The van der Waals surface area contributed by atoms with Crippen LogP contribution in [0, 0.1) is 0 Å². The first-order valence-corrected chi connectivity index (χ1v) is 3.38. The van der Waals surface area contributed by atoms with Gasteiger partial charge in [-0.3, -0.25) is 10.2 Å². The van der Waals surface area contributed by atoms with Crippen LogP contribution in [-0.2, 0) is 4.79 Å². The number of hydrazine groups is 1. The highest BCUT2D eigenvalue weighted by atomic mass is 16.3.